The quantitative estimate of drug-likeness (QED) is 0.283. The molecule has 8 nitrogen and oxygen atoms in total. The maximum Gasteiger partial charge on any atom is 0.304 e. The van der Waals surface area contributed by atoms with Gasteiger partial charge in [-0.25, -0.2) is 4.68 Å². The van der Waals surface area contributed by atoms with E-state index in [1.807, 2.05) is 38.4 Å². The van der Waals surface area contributed by atoms with E-state index in [0.717, 1.165) is 72.4 Å². The largest absolute Gasteiger partial charge is 0.487 e. The molecule has 6 rings (SSSR count). The van der Waals surface area contributed by atoms with E-state index in [1.54, 1.807) is 4.68 Å². The standard InChI is InChI=1S/C32H36ClN5O3/c1-5-23-17-38(19(3)31-28(41-23)10-7-11-34-31)16-22-13-21(12-20-8-6-9-24(20)22)26(15-29(39)40)25-14-27(33)32-30(18(25)2)35-36-37(32)4/h7,10-14,19,23,26H,5-6,8-9,15-17H2,1-4H3,(H,39,40)/t19-,23+,26+/m0/s1. The minimum atomic E-state index is -0.849. The average Bonchev–Trinajstić information content (AvgIpc) is 3.56. The lowest BCUT2D eigenvalue weighted by atomic mass is 9.83. The van der Waals surface area contributed by atoms with Gasteiger partial charge in [-0.1, -0.05) is 35.9 Å². The summed E-state index contributed by atoms with van der Waals surface area (Å²) in [6.45, 7) is 7.89. The van der Waals surface area contributed by atoms with E-state index in [4.69, 9.17) is 21.3 Å². The van der Waals surface area contributed by atoms with Gasteiger partial charge < -0.3 is 9.84 Å². The highest BCUT2D eigenvalue weighted by Gasteiger charge is 2.31. The fourth-order valence-electron chi connectivity index (χ4n) is 6.70. The zero-order valence-corrected chi connectivity index (χ0v) is 24.8. The summed E-state index contributed by atoms with van der Waals surface area (Å²) in [5.41, 5.74) is 9.21. The van der Waals surface area contributed by atoms with Gasteiger partial charge in [0.2, 0.25) is 0 Å². The van der Waals surface area contributed by atoms with Gasteiger partial charge in [-0.3, -0.25) is 14.7 Å². The first kappa shape index (κ1) is 27.7. The Hall–Kier alpha value is -3.49. The van der Waals surface area contributed by atoms with Crippen LogP contribution in [0.1, 0.15) is 84.1 Å². The Balaban J connectivity index is 1.44. The van der Waals surface area contributed by atoms with Crippen molar-refractivity contribution < 1.29 is 14.6 Å². The smallest absolute Gasteiger partial charge is 0.304 e. The number of carbonyl (C=O) groups is 1. The number of carboxylic acid groups (broad SMARTS) is 1. The molecule has 0 saturated heterocycles. The zero-order valence-electron chi connectivity index (χ0n) is 24.0. The normalized spacial score (nSPS) is 19.4. The van der Waals surface area contributed by atoms with Crippen LogP contribution in [0.2, 0.25) is 5.02 Å². The summed E-state index contributed by atoms with van der Waals surface area (Å²) in [7, 11) is 1.81. The Morgan fingerprint density at radius 1 is 1.27 bits per heavy atom. The van der Waals surface area contributed by atoms with Gasteiger partial charge in [0.1, 0.15) is 22.9 Å². The van der Waals surface area contributed by atoms with Crippen LogP contribution < -0.4 is 4.74 Å². The minimum absolute atomic E-state index is 0.0374. The molecular weight excluding hydrogens is 538 g/mol. The van der Waals surface area contributed by atoms with E-state index >= 15 is 0 Å². The monoisotopic (exact) mass is 573 g/mol. The van der Waals surface area contributed by atoms with Crippen LogP contribution in [-0.2, 0) is 31.2 Å². The van der Waals surface area contributed by atoms with Crippen LogP contribution in [-0.4, -0.2) is 48.6 Å². The van der Waals surface area contributed by atoms with E-state index in [-0.39, 0.29) is 24.5 Å². The van der Waals surface area contributed by atoms with Crippen molar-refractivity contribution in [2.45, 2.75) is 77.5 Å². The number of aliphatic carboxylic acids is 1. The number of ether oxygens (including phenoxy) is 1. The van der Waals surface area contributed by atoms with Crippen molar-refractivity contribution in [2.24, 2.45) is 7.05 Å². The molecule has 2 aliphatic rings. The molecule has 3 heterocycles. The molecule has 0 radical (unpaired) electrons. The second-order valence-electron chi connectivity index (χ2n) is 11.4. The summed E-state index contributed by atoms with van der Waals surface area (Å²) >= 11 is 6.73. The fraction of sp³-hybridized carbons (Fsp3) is 0.438. The number of hydrogen-bond acceptors (Lipinski definition) is 6. The van der Waals surface area contributed by atoms with Crippen molar-refractivity contribution in [1.82, 2.24) is 24.9 Å². The number of benzene rings is 2. The Bertz CT molecular complexity index is 1630. The van der Waals surface area contributed by atoms with Crippen molar-refractivity contribution in [1.29, 1.82) is 0 Å². The highest BCUT2D eigenvalue weighted by atomic mass is 35.5. The summed E-state index contributed by atoms with van der Waals surface area (Å²) in [4.78, 5) is 19.4. The fourth-order valence-corrected chi connectivity index (χ4v) is 7.03. The van der Waals surface area contributed by atoms with Gasteiger partial charge in [0, 0.05) is 32.3 Å². The van der Waals surface area contributed by atoms with E-state index in [0.29, 0.717) is 10.5 Å². The predicted octanol–water partition coefficient (Wildman–Crippen LogP) is 6.15. The summed E-state index contributed by atoms with van der Waals surface area (Å²) in [6.07, 6.45) is 5.91. The van der Waals surface area contributed by atoms with Crippen LogP contribution in [0.5, 0.6) is 5.75 Å². The third kappa shape index (κ3) is 5.08. The second kappa shape index (κ2) is 11.1. The third-order valence-corrected chi connectivity index (χ3v) is 9.20. The molecule has 0 fully saturated rings. The zero-order chi connectivity index (χ0) is 28.8. The highest BCUT2D eigenvalue weighted by molar-refractivity contribution is 6.35. The molecule has 1 aliphatic heterocycles. The van der Waals surface area contributed by atoms with Crippen LogP contribution in [0.4, 0.5) is 0 Å². The maximum absolute atomic E-state index is 12.2. The van der Waals surface area contributed by atoms with Crippen LogP contribution >= 0.6 is 11.6 Å². The number of pyridine rings is 1. The molecule has 2 aromatic carbocycles. The highest BCUT2D eigenvalue weighted by Crippen LogP contribution is 2.40. The molecule has 41 heavy (non-hydrogen) atoms. The first-order valence-electron chi connectivity index (χ1n) is 14.5. The molecule has 3 atom stereocenters. The Kier molecular flexibility index (Phi) is 7.47. The van der Waals surface area contributed by atoms with Gasteiger partial charge >= 0.3 is 5.97 Å². The minimum Gasteiger partial charge on any atom is -0.487 e. The van der Waals surface area contributed by atoms with E-state index in [9.17, 15) is 9.90 Å². The molecule has 0 saturated carbocycles. The van der Waals surface area contributed by atoms with E-state index in [1.165, 1.54) is 16.7 Å². The topological polar surface area (TPSA) is 93.4 Å². The molecular formula is C32H36ClN5O3. The summed E-state index contributed by atoms with van der Waals surface area (Å²) < 4.78 is 8.03. The van der Waals surface area contributed by atoms with Crippen molar-refractivity contribution in [3.63, 3.8) is 0 Å². The molecule has 0 spiro atoms. The Morgan fingerprint density at radius 2 is 2.10 bits per heavy atom. The maximum atomic E-state index is 12.2. The van der Waals surface area contributed by atoms with Crippen molar-refractivity contribution >= 4 is 28.6 Å². The molecule has 0 bridgehead atoms. The molecule has 0 amide bonds. The van der Waals surface area contributed by atoms with Gasteiger partial charge in [-0.05, 0) is 91.1 Å². The number of hydrogen-bond donors (Lipinski definition) is 1. The van der Waals surface area contributed by atoms with Crippen LogP contribution in [0.25, 0.3) is 11.0 Å². The second-order valence-corrected chi connectivity index (χ2v) is 11.9. The number of nitrogens with zero attached hydrogens (tertiary/aromatic N) is 5. The summed E-state index contributed by atoms with van der Waals surface area (Å²) in [5, 5.41) is 19.1. The van der Waals surface area contributed by atoms with Gasteiger partial charge in [0.15, 0.2) is 0 Å². The van der Waals surface area contributed by atoms with Crippen molar-refractivity contribution in [2.75, 3.05) is 6.54 Å². The van der Waals surface area contributed by atoms with Crippen LogP contribution in [0.15, 0.2) is 36.5 Å². The van der Waals surface area contributed by atoms with Crippen molar-refractivity contribution in [3.05, 3.63) is 80.6 Å². The molecule has 214 valence electrons. The van der Waals surface area contributed by atoms with E-state index in [2.05, 4.69) is 41.2 Å². The molecule has 1 aliphatic carbocycles. The SMILES string of the molecule is CC[C@@H]1CN(Cc2cc([C@@H](CC(=O)O)c3cc(Cl)c4c(nnn4C)c3C)cc3c2CCC3)[C@@H](C)c2ncccc2O1. The number of rotatable bonds is 7. The number of carboxylic acids is 1. The third-order valence-electron chi connectivity index (χ3n) is 8.91. The lowest BCUT2D eigenvalue weighted by Gasteiger charge is -2.30. The number of aromatic nitrogens is 4. The average molecular weight is 574 g/mol. The van der Waals surface area contributed by atoms with Crippen molar-refractivity contribution in [3.8, 4) is 5.75 Å². The first-order chi connectivity index (χ1) is 19.7. The van der Waals surface area contributed by atoms with Crippen LogP contribution in [0, 0.1) is 6.92 Å². The summed E-state index contributed by atoms with van der Waals surface area (Å²) in [6, 6.07) is 10.4. The molecule has 1 N–H and O–H groups in total. The van der Waals surface area contributed by atoms with E-state index < -0.39 is 5.97 Å². The number of aryl methyl sites for hydroxylation is 3. The predicted molar refractivity (Wildman–Crippen MR) is 159 cm³/mol. The number of halogens is 1. The molecule has 9 heteroatoms. The van der Waals surface area contributed by atoms with Gasteiger partial charge in [0.05, 0.1) is 23.2 Å². The summed E-state index contributed by atoms with van der Waals surface area (Å²) in [5.74, 6) is -0.350. The van der Waals surface area contributed by atoms with Gasteiger partial charge in [-0.2, -0.15) is 0 Å². The van der Waals surface area contributed by atoms with Gasteiger partial charge in [0.25, 0.3) is 0 Å². The van der Waals surface area contributed by atoms with Gasteiger partial charge in [-0.15, -0.1) is 5.10 Å². The lowest BCUT2D eigenvalue weighted by molar-refractivity contribution is -0.137. The molecule has 4 aromatic rings. The Labute approximate surface area is 245 Å². The first-order valence-corrected chi connectivity index (χ1v) is 14.8. The lowest BCUT2D eigenvalue weighted by Crippen LogP contribution is -2.34. The number of fused-ring (bicyclic) bond motifs is 3. The molecule has 0 unspecified atom stereocenters. The Morgan fingerprint density at radius 3 is 2.88 bits per heavy atom. The van der Waals surface area contributed by atoms with Crippen LogP contribution in [0.3, 0.4) is 0 Å². The molecule has 2 aromatic heterocycles.